The maximum Gasteiger partial charge on any atom is 0.128 e. The highest BCUT2D eigenvalue weighted by Gasteiger charge is 2.14. The molecule has 0 radical (unpaired) electrons. The van der Waals surface area contributed by atoms with E-state index in [1.165, 1.54) is 0 Å². The number of aromatic nitrogens is 1. The van der Waals surface area contributed by atoms with Crippen LogP contribution in [0.1, 0.15) is 13.8 Å². The molecule has 16 heavy (non-hydrogen) atoms. The molecule has 4 nitrogen and oxygen atoms in total. The monoisotopic (exact) mass is 222 g/mol. The predicted molar refractivity (Wildman–Crippen MR) is 69.5 cm³/mol. The standard InChI is InChI=1S/C12H22N4/c1-9(2)10(8-16(3)4)14-12-7-5-6-11(13)15-12/h5-7,9-10H,8H2,1-4H3,(H3,13,14,15). The normalized spacial score (nSPS) is 13.1. The molecule has 0 aliphatic heterocycles. The van der Waals surface area contributed by atoms with E-state index in [-0.39, 0.29) is 0 Å². The van der Waals surface area contributed by atoms with Crippen molar-refractivity contribution in [3.63, 3.8) is 0 Å². The predicted octanol–water partition coefficient (Wildman–Crippen LogP) is 1.66. The minimum absolute atomic E-state index is 0.379. The minimum Gasteiger partial charge on any atom is -0.384 e. The molecule has 1 atom stereocenters. The molecule has 0 aromatic carbocycles. The van der Waals surface area contributed by atoms with Crippen molar-refractivity contribution in [2.75, 3.05) is 31.7 Å². The summed E-state index contributed by atoms with van der Waals surface area (Å²) >= 11 is 0. The maximum absolute atomic E-state index is 5.65. The molecule has 0 amide bonds. The molecule has 0 aliphatic carbocycles. The zero-order valence-electron chi connectivity index (χ0n) is 10.6. The van der Waals surface area contributed by atoms with Crippen LogP contribution in [0.3, 0.4) is 0 Å². The van der Waals surface area contributed by atoms with E-state index in [9.17, 15) is 0 Å². The van der Waals surface area contributed by atoms with Crippen molar-refractivity contribution in [3.05, 3.63) is 18.2 Å². The number of nitrogens with one attached hydrogen (secondary N) is 1. The van der Waals surface area contributed by atoms with Crippen molar-refractivity contribution in [1.82, 2.24) is 9.88 Å². The number of hydrogen-bond acceptors (Lipinski definition) is 4. The molecule has 0 saturated heterocycles. The van der Waals surface area contributed by atoms with Gasteiger partial charge in [-0.25, -0.2) is 4.98 Å². The van der Waals surface area contributed by atoms with E-state index in [0.717, 1.165) is 12.4 Å². The van der Waals surface area contributed by atoms with Crippen molar-refractivity contribution >= 4 is 11.6 Å². The first-order valence-electron chi connectivity index (χ1n) is 5.63. The van der Waals surface area contributed by atoms with Gasteiger partial charge < -0.3 is 16.0 Å². The lowest BCUT2D eigenvalue weighted by atomic mass is 10.0. The Balaban J connectivity index is 2.68. The van der Waals surface area contributed by atoms with Crippen LogP contribution in [-0.2, 0) is 0 Å². The van der Waals surface area contributed by atoms with E-state index >= 15 is 0 Å². The molecule has 0 fully saturated rings. The highest BCUT2D eigenvalue weighted by molar-refractivity contribution is 5.43. The summed E-state index contributed by atoms with van der Waals surface area (Å²) in [5.41, 5.74) is 5.65. The summed E-state index contributed by atoms with van der Waals surface area (Å²) in [6, 6.07) is 6.03. The second-order valence-corrected chi connectivity index (χ2v) is 4.70. The third-order valence-corrected chi connectivity index (χ3v) is 2.47. The molecule has 90 valence electrons. The van der Waals surface area contributed by atoms with E-state index < -0.39 is 0 Å². The summed E-state index contributed by atoms with van der Waals surface area (Å²) < 4.78 is 0. The molecule has 0 bridgehead atoms. The smallest absolute Gasteiger partial charge is 0.128 e. The second-order valence-electron chi connectivity index (χ2n) is 4.70. The van der Waals surface area contributed by atoms with Crippen molar-refractivity contribution < 1.29 is 0 Å². The fourth-order valence-electron chi connectivity index (χ4n) is 1.54. The topological polar surface area (TPSA) is 54.2 Å². The number of rotatable bonds is 5. The van der Waals surface area contributed by atoms with E-state index in [1.807, 2.05) is 12.1 Å². The average molecular weight is 222 g/mol. The Morgan fingerprint density at radius 2 is 2.06 bits per heavy atom. The molecule has 4 heteroatoms. The van der Waals surface area contributed by atoms with Gasteiger partial charge in [0, 0.05) is 12.6 Å². The van der Waals surface area contributed by atoms with Crippen LogP contribution in [0.4, 0.5) is 11.6 Å². The van der Waals surface area contributed by atoms with Gasteiger partial charge in [-0.3, -0.25) is 0 Å². The number of hydrogen-bond donors (Lipinski definition) is 2. The van der Waals surface area contributed by atoms with Gasteiger partial charge in [-0.15, -0.1) is 0 Å². The van der Waals surface area contributed by atoms with Crippen LogP contribution in [0.5, 0.6) is 0 Å². The highest BCUT2D eigenvalue weighted by atomic mass is 15.1. The first-order chi connectivity index (χ1) is 7.49. The number of nitrogens with zero attached hydrogens (tertiary/aromatic N) is 2. The Hall–Kier alpha value is -1.29. The fourth-order valence-corrected chi connectivity index (χ4v) is 1.54. The van der Waals surface area contributed by atoms with E-state index in [0.29, 0.717) is 17.8 Å². The van der Waals surface area contributed by atoms with Crippen LogP contribution in [0.15, 0.2) is 18.2 Å². The molecular weight excluding hydrogens is 200 g/mol. The van der Waals surface area contributed by atoms with Gasteiger partial charge in [0.25, 0.3) is 0 Å². The Labute approximate surface area is 97.9 Å². The molecule has 3 N–H and O–H groups in total. The molecule has 1 aromatic heterocycles. The van der Waals surface area contributed by atoms with E-state index in [2.05, 4.69) is 43.1 Å². The number of nitrogen functional groups attached to an aromatic ring is 1. The van der Waals surface area contributed by atoms with Crippen LogP contribution < -0.4 is 11.1 Å². The summed E-state index contributed by atoms with van der Waals surface area (Å²) in [4.78, 5) is 6.42. The Bertz CT molecular complexity index is 323. The molecule has 0 spiro atoms. The highest BCUT2D eigenvalue weighted by Crippen LogP contribution is 2.12. The summed E-state index contributed by atoms with van der Waals surface area (Å²) in [6.07, 6.45) is 0. The van der Waals surface area contributed by atoms with Crippen molar-refractivity contribution in [2.24, 2.45) is 5.92 Å². The van der Waals surface area contributed by atoms with Gasteiger partial charge in [0.05, 0.1) is 0 Å². The average Bonchev–Trinajstić information content (AvgIpc) is 2.15. The second kappa shape index (κ2) is 5.70. The lowest BCUT2D eigenvalue weighted by Gasteiger charge is -2.26. The van der Waals surface area contributed by atoms with Crippen molar-refractivity contribution in [2.45, 2.75) is 19.9 Å². The fraction of sp³-hybridized carbons (Fsp3) is 0.583. The van der Waals surface area contributed by atoms with E-state index in [4.69, 9.17) is 5.73 Å². The molecule has 1 unspecified atom stereocenters. The van der Waals surface area contributed by atoms with E-state index in [1.54, 1.807) is 6.07 Å². The Morgan fingerprint density at radius 1 is 1.38 bits per heavy atom. The zero-order chi connectivity index (χ0) is 12.1. The molecule has 1 aromatic rings. The molecule has 0 saturated carbocycles. The quantitative estimate of drug-likeness (QED) is 0.795. The third-order valence-electron chi connectivity index (χ3n) is 2.47. The van der Waals surface area contributed by atoms with Gasteiger partial charge in [0.1, 0.15) is 11.6 Å². The van der Waals surface area contributed by atoms with Gasteiger partial charge >= 0.3 is 0 Å². The Morgan fingerprint density at radius 3 is 2.56 bits per heavy atom. The molecular formula is C12H22N4. The maximum atomic E-state index is 5.65. The summed E-state index contributed by atoms with van der Waals surface area (Å²) in [7, 11) is 4.15. The summed E-state index contributed by atoms with van der Waals surface area (Å²) in [5, 5.41) is 3.42. The van der Waals surface area contributed by atoms with Crippen LogP contribution in [-0.4, -0.2) is 36.6 Å². The van der Waals surface area contributed by atoms with Crippen LogP contribution in [0, 0.1) is 5.92 Å². The third kappa shape index (κ3) is 4.06. The van der Waals surface area contributed by atoms with Gasteiger partial charge in [-0.1, -0.05) is 19.9 Å². The molecule has 1 heterocycles. The van der Waals surface area contributed by atoms with Gasteiger partial charge in [-0.2, -0.15) is 0 Å². The van der Waals surface area contributed by atoms with Crippen LogP contribution >= 0.6 is 0 Å². The number of likely N-dealkylation sites (N-methyl/N-ethyl adjacent to an activating group) is 1. The lowest BCUT2D eigenvalue weighted by molar-refractivity contribution is 0.344. The number of nitrogens with two attached hydrogens (primary N) is 1. The van der Waals surface area contributed by atoms with Crippen LogP contribution in [0.2, 0.25) is 0 Å². The van der Waals surface area contributed by atoms with Crippen LogP contribution in [0.25, 0.3) is 0 Å². The summed E-state index contributed by atoms with van der Waals surface area (Å²) in [5.74, 6) is 1.95. The SMILES string of the molecule is CC(C)C(CN(C)C)Nc1cccc(N)n1. The first kappa shape index (κ1) is 12.8. The minimum atomic E-state index is 0.379. The Kier molecular flexibility index (Phi) is 4.55. The van der Waals surface area contributed by atoms with Crippen molar-refractivity contribution in [1.29, 1.82) is 0 Å². The first-order valence-corrected chi connectivity index (χ1v) is 5.63. The van der Waals surface area contributed by atoms with Gasteiger partial charge in [0.15, 0.2) is 0 Å². The molecule has 1 rings (SSSR count). The number of pyridine rings is 1. The largest absolute Gasteiger partial charge is 0.384 e. The van der Waals surface area contributed by atoms with Gasteiger partial charge in [-0.05, 0) is 32.1 Å². The summed E-state index contributed by atoms with van der Waals surface area (Å²) in [6.45, 7) is 5.38. The van der Waals surface area contributed by atoms with Gasteiger partial charge in [0.2, 0.25) is 0 Å². The zero-order valence-corrected chi connectivity index (χ0v) is 10.6. The van der Waals surface area contributed by atoms with Crippen molar-refractivity contribution in [3.8, 4) is 0 Å². The number of anilines is 2. The molecule has 0 aliphatic rings. The lowest BCUT2D eigenvalue weighted by Crippen LogP contribution is -2.36.